The van der Waals surface area contributed by atoms with Crippen LogP contribution in [-0.4, -0.2) is 26.5 Å². The number of carbonyl (C=O) groups is 2. The lowest BCUT2D eigenvalue weighted by Gasteiger charge is -2.12. The molecule has 0 saturated heterocycles. The van der Waals surface area contributed by atoms with Gasteiger partial charge in [0.25, 0.3) is 0 Å². The van der Waals surface area contributed by atoms with E-state index in [1.807, 2.05) is 0 Å². The van der Waals surface area contributed by atoms with Crippen molar-refractivity contribution >= 4 is 23.5 Å². The highest BCUT2D eigenvalue weighted by molar-refractivity contribution is 5.94. The lowest BCUT2D eigenvalue weighted by molar-refractivity contribution is -0.114. The quantitative estimate of drug-likeness (QED) is 0.667. The molecule has 0 unspecified atom stereocenters. The summed E-state index contributed by atoms with van der Waals surface area (Å²) in [6.45, 7) is 1.34. The molecule has 1 amide bonds. The van der Waals surface area contributed by atoms with Crippen LogP contribution in [0.2, 0.25) is 0 Å². The van der Waals surface area contributed by atoms with Gasteiger partial charge in [-0.1, -0.05) is 12.1 Å². The van der Waals surface area contributed by atoms with Crippen LogP contribution in [0.15, 0.2) is 48.7 Å². The zero-order valence-electron chi connectivity index (χ0n) is 13.7. The van der Waals surface area contributed by atoms with E-state index in [-0.39, 0.29) is 17.4 Å². The minimum absolute atomic E-state index is 0.0227. The molecule has 26 heavy (non-hydrogen) atoms. The topological polar surface area (TPSA) is 110 Å². The Bertz CT molecular complexity index is 1010. The van der Waals surface area contributed by atoms with Gasteiger partial charge in [0, 0.05) is 18.7 Å². The summed E-state index contributed by atoms with van der Waals surface area (Å²) in [7, 11) is 0. The van der Waals surface area contributed by atoms with Crippen LogP contribution in [0.4, 0.5) is 16.0 Å². The fourth-order valence-electron chi connectivity index (χ4n) is 2.53. The molecule has 1 aromatic heterocycles. The molecular formula is C18H15FN4O3. The Labute approximate surface area is 147 Å². The van der Waals surface area contributed by atoms with Gasteiger partial charge in [-0.3, -0.25) is 9.36 Å². The average Bonchev–Trinajstić information content (AvgIpc) is 2.96. The van der Waals surface area contributed by atoms with Crippen molar-refractivity contribution in [1.82, 2.24) is 9.55 Å². The molecule has 0 aliphatic carbocycles. The molecule has 0 saturated carbocycles. The van der Waals surface area contributed by atoms with E-state index in [1.165, 1.54) is 41.8 Å². The fourth-order valence-corrected chi connectivity index (χ4v) is 2.53. The molecule has 0 atom stereocenters. The van der Waals surface area contributed by atoms with Gasteiger partial charge in [0.05, 0.1) is 22.6 Å². The number of benzene rings is 2. The molecule has 0 aliphatic rings. The van der Waals surface area contributed by atoms with Gasteiger partial charge >= 0.3 is 5.97 Å². The van der Waals surface area contributed by atoms with Crippen LogP contribution < -0.4 is 11.1 Å². The number of aromatic carboxylic acids is 1. The maximum absolute atomic E-state index is 13.5. The largest absolute Gasteiger partial charge is 0.478 e. The molecule has 2 aromatic carbocycles. The highest BCUT2D eigenvalue weighted by Gasteiger charge is 2.15. The minimum Gasteiger partial charge on any atom is -0.478 e. The van der Waals surface area contributed by atoms with E-state index in [2.05, 4.69) is 10.3 Å². The molecule has 132 valence electrons. The number of carbonyl (C=O) groups excluding carboxylic acids is 1. The maximum atomic E-state index is 13.5. The Morgan fingerprint density at radius 2 is 2.00 bits per heavy atom. The van der Waals surface area contributed by atoms with E-state index in [0.717, 1.165) is 0 Å². The van der Waals surface area contributed by atoms with Crippen LogP contribution in [0.1, 0.15) is 17.3 Å². The molecule has 8 heteroatoms. The van der Waals surface area contributed by atoms with Crippen molar-refractivity contribution in [3.05, 3.63) is 60.0 Å². The third kappa shape index (κ3) is 3.39. The van der Waals surface area contributed by atoms with E-state index in [9.17, 15) is 19.1 Å². The van der Waals surface area contributed by atoms with Crippen LogP contribution in [-0.2, 0) is 4.79 Å². The van der Waals surface area contributed by atoms with E-state index >= 15 is 0 Å². The molecule has 3 rings (SSSR count). The van der Waals surface area contributed by atoms with E-state index < -0.39 is 11.8 Å². The number of aromatic nitrogens is 2. The number of nitrogens with zero attached hydrogens (tertiary/aromatic N) is 2. The van der Waals surface area contributed by atoms with Gasteiger partial charge in [0.2, 0.25) is 11.9 Å². The third-order valence-electron chi connectivity index (χ3n) is 3.67. The maximum Gasteiger partial charge on any atom is 0.335 e. The molecule has 3 aromatic rings. The summed E-state index contributed by atoms with van der Waals surface area (Å²) in [6.07, 6.45) is 1.55. The lowest BCUT2D eigenvalue weighted by Crippen LogP contribution is -2.11. The molecule has 4 N–H and O–H groups in total. The summed E-state index contributed by atoms with van der Waals surface area (Å²) in [6, 6.07) is 10.1. The number of nitrogens with one attached hydrogen (secondary N) is 1. The van der Waals surface area contributed by atoms with Gasteiger partial charge in [0.15, 0.2) is 0 Å². The molecular weight excluding hydrogens is 339 g/mol. The van der Waals surface area contributed by atoms with E-state index in [1.54, 1.807) is 18.3 Å². The number of carboxylic acid groups (broad SMARTS) is 1. The van der Waals surface area contributed by atoms with Gasteiger partial charge in [0.1, 0.15) is 5.82 Å². The van der Waals surface area contributed by atoms with Crippen molar-refractivity contribution < 1.29 is 19.1 Å². The second-order valence-electron chi connectivity index (χ2n) is 5.58. The summed E-state index contributed by atoms with van der Waals surface area (Å²) < 4.78 is 14.9. The van der Waals surface area contributed by atoms with E-state index in [0.29, 0.717) is 22.6 Å². The smallest absolute Gasteiger partial charge is 0.335 e. The number of hydrogen-bond donors (Lipinski definition) is 3. The second-order valence-corrected chi connectivity index (χ2v) is 5.58. The Morgan fingerprint density at radius 3 is 2.65 bits per heavy atom. The zero-order valence-corrected chi connectivity index (χ0v) is 13.7. The van der Waals surface area contributed by atoms with Crippen molar-refractivity contribution in [2.45, 2.75) is 6.92 Å². The first-order valence-corrected chi connectivity index (χ1v) is 7.61. The highest BCUT2D eigenvalue weighted by Crippen LogP contribution is 2.28. The third-order valence-corrected chi connectivity index (χ3v) is 3.67. The summed E-state index contributed by atoms with van der Waals surface area (Å²) >= 11 is 0. The Hall–Kier alpha value is -3.68. The molecule has 7 nitrogen and oxygen atoms in total. The predicted octanol–water partition coefficient (Wildman–Crippen LogP) is 2.92. The van der Waals surface area contributed by atoms with E-state index in [4.69, 9.17) is 5.73 Å². The van der Waals surface area contributed by atoms with Crippen LogP contribution in [0.3, 0.4) is 0 Å². The van der Waals surface area contributed by atoms with Crippen LogP contribution in [0.25, 0.3) is 16.9 Å². The summed E-state index contributed by atoms with van der Waals surface area (Å²) in [5, 5.41) is 11.9. The Balaban J connectivity index is 2.15. The van der Waals surface area contributed by atoms with Crippen LogP contribution >= 0.6 is 0 Å². The van der Waals surface area contributed by atoms with Crippen LogP contribution in [0.5, 0.6) is 0 Å². The van der Waals surface area contributed by atoms with Gasteiger partial charge in [-0.15, -0.1) is 0 Å². The number of rotatable bonds is 4. The van der Waals surface area contributed by atoms with Gasteiger partial charge in [-0.05, 0) is 30.3 Å². The summed E-state index contributed by atoms with van der Waals surface area (Å²) in [5.41, 5.74) is 7.64. The fraction of sp³-hybridized carbons (Fsp3) is 0.0556. The predicted molar refractivity (Wildman–Crippen MR) is 94.6 cm³/mol. The molecule has 1 heterocycles. The number of amides is 1. The second kappa shape index (κ2) is 6.67. The van der Waals surface area contributed by atoms with Crippen molar-refractivity contribution in [2.75, 3.05) is 11.1 Å². The number of nitrogens with two attached hydrogens (primary N) is 1. The number of anilines is 2. The number of carboxylic acids is 1. The molecule has 0 aliphatic heterocycles. The number of nitrogen functional groups attached to an aromatic ring is 1. The number of hydrogen-bond acceptors (Lipinski definition) is 4. The molecule has 0 spiro atoms. The minimum atomic E-state index is -1.12. The zero-order chi connectivity index (χ0) is 18.8. The average molecular weight is 354 g/mol. The van der Waals surface area contributed by atoms with Crippen molar-refractivity contribution in [3.8, 4) is 16.9 Å². The molecule has 0 radical (unpaired) electrons. The SMILES string of the molecule is CC(=O)Nc1ccc(C(=O)O)cc1-n1cc(-c2cccc(F)c2)nc1N. The van der Waals surface area contributed by atoms with Crippen LogP contribution in [0, 0.1) is 5.82 Å². The monoisotopic (exact) mass is 354 g/mol. The first-order valence-electron chi connectivity index (χ1n) is 7.61. The number of imidazole rings is 1. The summed E-state index contributed by atoms with van der Waals surface area (Å²) in [4.78, 5) is 26.9. The highest BCUT2D eigenvalue weighted by atomic mass is 19.1. The molecule has 0 bridgehead atoms. The van der Waals surface area contributed by atoms with Gasteiger partial charge in [-0.2, -0.15) is 0 Å². The standard InChI is InChI=1S/C18H15FN4O3/c1-10(24)21-14-6-5-12(17(25)26)8-16(14)23-9-15(22-18(23)20)11-3-2-4-13(19)7-11/h2-9H,1H3,(H2,20,22)(H,21,24)(H,25,26). The Kier molecular flexibility index (Phi) is 4.40. The first kappa shape index (κ1) is 17.2. The normalized spacial score (nSPS) is 10.5. The molecule has 0 fully saturated rings. The van der Waals surface area contributed by atoms with Crippen molar-refractivity contribution in [1.29, 1.82) is 0 Å². The van der Waals surface area contributed by atoms with Gasteiger partial charge in [-0.25, -0.2) is 14.2 Å². The number of halogens is 1. The van der Waals surface area contributed by atoms with Gasteiger partial charge < -0.3 is 16.2 Å². The van der Waals surface area contributed by atoms with Crippen molar-refractivity contribution in [3.63, 3.8) is 0 Å². The first-order chi connectivity index (χ1) is 12.3. The van der Waals surface area contributed by atoms with Crippen molar-refractivity contribution in [2.24, 2.45) is 0 Å². The lowest BCUT2D eigenvalue weighted by atomic mass is 10.1. The summed E-state index contributed by atoms with van der Waals surface area (Å²) in [5.74, 6) is -1.79. The Morgan fingerprint density at radius 1 is 1.23 bits per heavy atom.